The van der Waals surface area contributed by atoms with Crippen LogP contribution >= 0.6 is 34.5 Å². The number of thiophene rings is 1. The number of nitrogens with two attached hydrogens (primary N) is 1. The molecule has 1 unspecified atom stereocenters. The third-order valence-electron chi connectivity index (χ3n) is 14.0. The summed E-state index contributed by atoms with van der Waals surface area (Å²) in [5.41, 5.74) is 8.86. The van der Waals surface area contributed by atoms with E-state index >= 15 is 4.39 Å². The molecule has 5 N–H and O–H groups in total. The number of nitrogen functional groups attached to an aromatic ring is 1. The number of carbonyl (C=O) groups excluding carboxylic acids is 3. The number of hydrogen-bond donors (Lipinski definition) is 4. The maximum absolute atomic E-state index is 16.0. The lowest BCUT2D eigenvalue weighted by atomic mass is 9.61. The molecule has 9 rings (SSSR count). The lowest BCUT2D eigenvalue weighted by Gasteiger charge is -2.33. The Bertz CT molecular complexity index is 3120. The van der Waals surface area contributed by atoms with Crippen LogP contribution in [0.3, 0.4) is 0 Å². The van der Waals surface area contributed by atoms with E-state index in [1.54, 1.807) is 11.0 Å². The largest absolute Gasteiger partial charge is 0.467 e. The molecule has 0 radical (unpaired) electrons. The summed E-state index contributed by atoms with van der Waals surface area (Å²) in [7, 11) is 1.42. The molecule has 2 bridgehead atoms. The fraction of sp³-hybridized carbons (Fsp3) is 0.448. The zero-order valence-corrected chi connectivity index (χ0v) is 48.0. The zero-order chi connectivity index (χ0) is 56.8. The molecule has 4 fully saturated rings. The first kappa shape index (κ1) is 60.5. The number of allylic oxidation sites excluding steroid dienone is 1. The van der Waals surface area contributed by atoms with E-state index in [0.717, 1.165) is 85.1 Å². The van der Waals surface area contributed by atoms with Gasteiger partial charge in [0.2, 0.25) is 24.6 Å². The molecule has 21 heteroatoms. The number of anilines is 2. The molecule has 2 aromatic heterocycles. The summed E-state index contributed by atoms with van der Waals surface area (Å²) >= 11 is 13.8. The minimum atomic E-state index is -0.730. The number of carbonyl (C=O) groups is 3. The lowest BCUT2D eigenvalue weighted by Crippen LogP contribution is -2.54. The van der Waals surface area contributed by atoms with Crippen molar-refractivity contribution >= 4 is 92.7 Å². The van der Waals surface area contributed by atoms with Gasteiger partial charge in [-0.1, -0.05) is 99.3 Å². The Morgan fingerprint density at radius 2 is 1.77 bits per heavy atom. The minimum Gasteiger partial charge on any atom is -0.467 e. The van der Waals surface area contributed by atoms with Crippen LogP contribution in [0.1, 0.15) is 95.4 Å². The predicted molar refractivity (Wildman–Crippen MR) is 314 cm³/mol. The molecule has 0 spiro atoms. The van der Waals surface area contributed by atoms with Gasteiger partial charge in [-0.2, -0.15) is 15.2 Å². The second kappa shape index (κ2) is 28.8. The first-order valence-electron chi connectivity index (χ1n) is 27.1. The smallest absolute Gasteiger partial charge is 0.318 e. The zero-order valence-electron chi connectivity index (χ0n) is 45.7. The van der Waals surface area contributed by atoms with Gasteiger partial charge in [0.05, 0.1) is 41.4 Å². The Morgan fingerprint density at radius 3 is 2.46 bits per heavy atom. The number of methoxy groups -OCH3 is 1. The molecule has 3 atom stereocenters. The first-order chi connectivity index (χ1) is 38.0. The Hall–Kier alpha value is -6.14. The van der Waals surface area contributed by atoms with Crippen molar-refractivity contribution in [1.82, 2.24) is 35.6 Å². The third kappa shape index (κ3) is 15.8. The van der Waals surface area contributed by atoms with Crippen molar-refractivity contribution in [3.63, 3.8) is 0 Å². The number of rotatable bonds is 17. The molecule has 5 aromatic rings. The Kier molecular flexibility index (Phi) is 22.1. The molecule has 4 aliphatic heterocycles. The summed E-state index contributed by atoms with van der Waals surface area (Å²) < 4.78 is 41.4. The Labute approximate surface area is 476 Å². The maximum Gasteiger partial charge on any atom is 0.318 e. The SMILES string of the molecule is C=C/C(F)=c1/sc(N)c(C#N)/c1=C\c1c(Cl)cc2c(N3CB4CCC(C3)N4)nc(OC)nc2c1F.CC(C)C.C[C@H](NC(=O)[C@@H]1CCCN1C(=O)CNC(=O)CCOCCCN1CCCC1)c1ccc(-c2ccccc2Cl)cc1. The molecular formula is C58H71BCl2F2N10O5S. The van der Waals surface area contributed by atoms with Crippen LogP contribution in [0.2, 0.25) is 16.4 Å². The molecule has 4 aliphatic rings. The third-order valence-corrected chi connectivity index (χ3v) is 15.7. The van der Waals surface area contributed by atoms with Gasteiger partial charge in [-0.25, -0.2) is 8.78 Å². The molecule has 3 amide bonds. The van der Waals surface area contributed by atoms with Crippen molar-refractivity contribution in [2.75, 3.05) is 76.7 Å². The van der Waals surface area contributed by atoms with Crippen molar-refractivity contribution in [3.05, 3.63) is 110 Å². The predicted octanol–water partition coefficient (Wildman–Crippen LogP) is 8.60. The van der Waals surface area contributed by atoms with Gasteiger partial charge in [0.15, 0.2) is 5.82 Å². The number of halogens is 4. The summed E-state index contributed by atoms with van der Waals surface area (Å²) in [4.78, 5) is 53.0. The number of benzene rings is 3. The molecule has 79 heavy (non-hydrogen) atoms. The fourth-order valence-electron chi connectivity index (χ4n) is 10.1. The molecule has 15 nitrogen and oxygen atoms in total. The van der Waals surface area contributed by atoms with E-state index in [1.807, 2.05) is 61.5 Å². The van der Waals surface area contributed by atoms with Gasteiger partial charge >= 0.3 is 6.01 Å². The Morgan fingerprint density at radius 1 is 1.04 bits per heavy atom. The summed E-state index contributed by atoms with van der Waals surface area (Å²) in [5.74, 6) is -0.669. The number of nitrogens with zero attached hydrogens (tertiary/aromatic N) is 6. The van der Waals surface area contributed by atoms with Crippen molar-refractivity contribution in [1.29, 1.82) is 5.26 Å². The van der Waals surface area contributed by atoms with E-state index < -0.39 is 17.7 Å². The standard InChI is InChI=1S/C31H41ClN4O4.C23H20BClF2N6OS.C4H10/c1-23(24-11-13-25(14-12-24)26-8-2-3-9-27(26)32)34-31(39)28-10-6-19-36(28)30(38)22-33-29(37)15-21-40-20-7-18-35-16-4-5-17-35;1-3-17(26)20-12(15(8-28)21(29)35-20)6-13-16(25)7-14-19(18(13)27)30-23(34-2)31-22(14)33-9-11-4-5-24(10-33)32-11;1-4(2)3/h2-3,8-9,11-14,23,28H,4-7,10,15-22H2,1H3,(H,33,37)(H,34,39);3,6-7,11,32H,1,4-5,9-10,29H2,2H3;4H,1-3H3/b;12-6+,20-17-;/t23-,28-;;/m0../s1. The number of aromatic nitrogens is 2. The van der Waals surface area contributed by atoms with Crippen LogP contribution in [-0.2, 0) is 19.1 Å². The van der Waals surface area contributed by atoms with Gasteiger partial charge in [-0.15, -0.1) is 11.3 Å². The van der Waals surface area contributed by atoms with Crippen LogP contribution in [0.4, 0.5) is 19.6 Å². The van der Waals surface area contributed by atoms with Crippen LogP contribution in [0, 0.1) is 23.1 Å². The monoisotopic (exact) mass is 1140 g/mol. The highest BCUT2D eigenvalue weighted by Crippen LogP contribution is 2.36. The highest BCUT2D eigenvalue weighted by atomic mass is 35.5. The van der Waals surface area contributed by atoms with Crippen LogP contribution in [-0.4, -0.2) is 122 Å². The number of nitriles is 1. The van der Waals surface area contributed by atoms with Crippen LogP contribution in [0.15, 0.2) is 67.3 Å². The number of ether oxygens (including phenoxy) is 2. The van der Waals surface area contributed by atoms with Gasteiger partial charge in [-0.05, 0) is 99.9 Å². The van der Waals surface area contributed by atoms with Crippen molar-refractivity contribution in [2.24, 2.45) is 5.92 Å². The van der Waals surface area contributed by atoms with E-state index in [1.165, 1.54) is 39.1 Å². The summed E-state index contributed by atoms with van der Waals surface area (Å²) in [5, 5.41) is 20.3. The number of likely N-dealkylation sites (tertiary alicyclic amines) is 2. The fourth-order valence-corrected chi connectivity index (χ4v) is 11.6. The average Bonchev–Trinajstić information content (AvgIpc) is 4.31. The second-order valence-corrected chi connectivity index (χ2v) is 22.7. The normalized spacial score (nSPS) is 17.9. The molecule has 3 aromatic carbocycles. The van der Waals surface area contributed by atoms with E-state index in [-0.39, 0.29) is 79.2 Å². The molecule has 0 aliphatic carbocycles. The minimum absolute atomic E-state index is 0.0183. The molecule has 6 heterocycles. The van der Waals surface area contributed by atoms with E-state index in [4.69, 9.17) is 38.4 Å². The van der Waals surface area contributed by atoms with Gasteiger partial charge in [0.1, 0.15) is 34.3 Å². The molecule has 0 saturated carbocycles. The highest BCUT2D eigenvalue weighted by Gasteiger charge is 2.37. The van der Waals surface area contributed by atoms with Crippen molar-refractivity contribution in [2.45, 2.75) is 97.1 Å². The molecular weight excluding hydrogens is 1070 g/mol. The maximum atomic E-state index is 16.0. The topological polar surface area (TPSA) is 191 Å². The Balaban J connectivity index is 0.000000216. The highest BCUT2D eigenvalue weighted by molar-refractivity contribution is 7.14. The number of amides is 3. The number of nitrogens with one attached hydrogen (secondary N) is 3. The first-order valence-corrected chi connectivity index (χ1v) is 28.7. The van der Waals surface area contributed by atoms with Crippen LogP contribution in [0.25, 0.3) is 33.9 Å². The quantitative estimate of drug-likeness (QED) is 0.0513. The van der Waals surface area contributed by atoms with Crippen LogP contribution < -0.4 is 41.0 Å². The lowest BCUT2D eigenvalue weighted by molar-refractivity contribution is -0.139. The van der Waals surface area contributed by atoms with Crippen LogP contribution in [0.5, 0.6) is 6.01 Å². The van der Waals surface area contributed by atoms with Gasteiger partial charge in [-0.3, -0.25) is 14.4 Å². The van der Waals surface area contributed by atoms with Crippen molar-refractivity contribution < 1.29 is 32.6 Å². The van der Waals surface area contributed by atoms with Gasteiger partial charge < -0.3 is 45.8 Å². The molecule has 4 saturated heterocycles. The van der Waals surface area contributed by atoms with Gasteiger partial charge in [0.25, 0.3) is 0 Å². The van der Waals surface area contributed by atoms with E-state index in [2.05, 4.69) is 63.0 Å². The summed E-state index contributed by atoms with van der Waals surface area (Å²) in [6, 6.07) is 18.8. The van der Waals surface area contributed by atoms with E-state index in [9.17, 15) is 24.0 Å². The van der Waals surface area contributed by atoms with Gasteiger partial charge in [0, 0.05) is 71.9 Å². The molecule has 420 valence electrons. The second-order valence-electron chi connectivity index (χ2n) is 20.8. The summed E-state index contributed by atoms with van der Waals surface area (Å²) in [6.07, 6.45) is 10.3. The summed E-state index contributed by atoms with van der Waals surface area (Å²) in [6.45, 7) is 17.7. The average molecular weight is 1140 g/mol. The van der Waals surface area contributed by atoms with Crippen molar-refractivity contribution in [3.8, 4) is 23.2 Å². The number of fused-ring (bicyclic) bond motifs is 3. The number of hydrogen-bond acceptors (Lipinski definition) is 13. The van der Waals surface area contributed by atoms with E-state index in [0.29, 0.717) is 55.3 Å².